The van der Waals surface area contributed by atoms with Gasteiger partial charge in [-0.1, -0.05) is 12.1 Å². The molecule has 1 aromatic carbocycles. The minimum atomic E-state index is -0.303. The lowest BCUT2D eigenvalue weighted by molar-refractivity contribution is -0.117. The number of hydrogen-bond acceptors (Lipinski definition) is 6. The molecule has 0 saturated carbocycles. The quantitative estimate of drug-likeness (QED) is 0.717. The van der Waals surface area contributed by atoms with E-state index in [1.54, 1.807) is 41.9 Å². The molecule has 4 rings (SSSR count). The predicted molar refractivity (Wildman–Crippen MR) is 94.5 cm³/mol. The van der Waals surface area contributed by atoms with Crippen LogP contribution in [-0.2, 0) is 4.79 Å². The molecule has 6 nitrogen and oxygen atoms in total. The number of carbonyl (C=O) groups is 1. The summed E-state index contributed by atoms with van der Waals surface area (Å²) < 4.78 is 0. The van der Waals surface area contributed by atoms with Crippen molar-refractivity contribution < 1.29 is 9.90 Å². The van der Waals surface area contributed by atoms with Gasteiger partial charge in [0.15, 0.2) is 0 Å². The van der Waals surface area contributed by atoms with Crippen molar-refractivity contribution in [3.8, 4) is 5.75 Å². The smallest absolute Gasteiger partial charge is 0.247 e. The average molecular weight is 340 g/mol. The molecule has 1 saturated heterocycles. The highest BCUT2D eigenvalue weighted by atomic mass is 32.1. The third-order valence-electron chi connectivity index (χ3n) is 4.23. The van der Waals surface area contributed by atoms with Crippen molar-refractivity contribution >= 4 is 39.0 Å². The summed E-state index contributed by atoms with van der Waals surface area (Å²) in [7, 11) is 0. The number of aromatic hydroxyl groups is 1. The Labute approximate surface area is 142 Å². The minimum Gasteiger partial charge on any atom is -0.506 e. The summed E-state index contributed by atoms with van der Waals surface area (Å²) in [6, 6.07) is 8.44. The second-order valence-electron chi connectivity index (χ2n) is 5.69. The molecule has 1 atom stereocenters. The Bertz CT molecular complexity index is 895. The fourth-order valence-corrected chi connectivity index (χ4v) is 3.82. The molecule has 3 aromatic rings. The van der Waals surface area contributed by atoms with Crippen molar-refractivity contribution in [1.82, 2.24) is 9.97 Å². The molecule has 24 heavy (non-hydrogen) atoms. The van der Waals surface area contributed by atoms with Crippen molar-refractivity contribution in [2.75, 3.05) is 16.8 Å². The summed E-state index contributed by atoms with van der Waals surface area (Å²) in [5.41, 5.74) is 0.428. The van der Waals surface area contributed by atoms with E-state index in [0.29, 0.717) is 5.69 Å². The third kappa shape index (κ3) is 2.56. The Morgan fingerprint density at radius 1 is 1.29 bits per heavy atom. The Balaban J connectivity index is 1.62. The van der Waals surface area contributed by atoms with E-state index in [1.165, 1.54) is 0 Å². The minimum absolute atomic E-state index is 0.0673. The van der Waals surface area contributed by atoms with E-state index in [2.05, 4.69) is 15.3 Å². The summed E-state index contributed by atoms with van der Waals surface area (Å²) in [6.45, 7) is 0.779. The summed E-state index contributed by atoms with van der Waals surface area (Å²) in [5, 5.41) is 15.6. The van der Waals surface area contributed by atoms with Crippen molar-refractivity contribution in [2.24, 2.45) is 0 Å². The standard InChI is InChI=1S/C17H16N4O2S/c22-14-6-2-1-4-12(14)20-16(23)13-5-3-8-21(13)15-11-7-9-24-17(11)19-10-18-15/h1-2,4,6-7,9-10,13,22H,3,5,8H2,(H,20,23)/t13-/m0/s1. The van der Waals surface area contributed by atoms with Crippen LogP contribution in [0.2, 0.25) is 0 Å². The number of amides is 1. The molecule has 2 aromatic heterocycles. The van der Waals surface area contributed by atoms with Crippen LogP contribution in [0.25, 0.3) is 10.2 Å². The van der Waals surface area contributed by atoms with Gasteiger partial charge in [-0.3, -0.25) is 4.79 Å². The van der Waals surface area contributed by atoms with Crippen LogP contribution in [0, 0.1) is 0 Å². The Hall–Kier alpha value is -2.67. The van der Waals surface area contributed by atoms with Gasteiger partial charge in [0.1, 0.15) is 28.8 Å². The lowest BCUT2D eigenvalue weighted by Crippen LogP contribution is -2.40. The SMILES string of the molecule is O=C(Nc1ccccc1O)[C@@H]1CCCN1c1ncnc2sccc12. The first-order valence-electron chi connectivity index (χ1n) is 7.78. The van der Waals surface area contributed by atoms with Crippen LogP contribution in [0.3, 0.4) is 0 Å². The van der Waals surface area contributed by atoms with Gasteiger partial charge in [-0.05, 0) is 36.4 Å². The fourth-order valence-electron chi connectivity index (χ4n) is 3.09. The maximum atomic E-state index is 12.7. The zero-order valence-corrected chi connectivity index (χ0v) is 13.7. The number of rotatable bonds is 3. The highest BCUT2D eigenvalue weighted by molar-refractivity contribution is 7.16. The van der Waals surface area contributed by atoms with Gasteiger partial charge in [0.05, 0.1) is 11.1 Å². The van der Waals surface area contributed by atoms with Gasteiger partial charge in [0.25, 0.3) is 0 Å². The first kappa shape index (κ1) is 14.9. The number of aromatic nitrogens is 2. The first-order valence-corrected chi connectivity index (χ1v) is 8.66. The number of nitrogens with zero attached hydrogens (tertiary/aromatic N) is 3. The monoisotopic (exact) mass is 340 g/mol. The zero-order valence-electron chi connectivity index (χ0n) is 12.8. The fraction of sp³-hybridized carbons (Fsp3) is 0.235. The number of fused-ring (bicyclic) bond motifs is 1. The first-order chi connectivity index (χ1) is 11.7. The normalized spacial score (nSPS) is 17.3. The molecule has 2 N–H and O–H groups in total. The topological polar surface area (TPSA) is 78.4 Å². The number of para-hydroxylation sites is 2. The van der Waals surface area contributed by atoms with E-state index in [0.717, 1.165) is 35.4 Å². The van der Waals surface area contributed by atoms with Crippen LogP contribution >= 0.6 is 11.3 Å². The van der Waals surface area contributed by atoms with E-state index in [9.17, 15) is 9.90 Å². The van der Waals surface area contributed by atoms with E-state index in [4.69, 9.17) is 0 Å². The van der Waals surface area contributed by atoms with Crippen molar-refractivity contribution in [2.45, 2.75) is 18.9 Å². The summed E-state index contributed by atoms with van der Waals surface area (Å²) in [5.74, 6) is 0.741. The predicted octanol–water partition coefficient (Wildman–Crippen LogP) is 3.00. The molecule has 3 heterocycles. The van der Waals surface area contributed by atoms with Crippen LogP contribution < -0.4 is 10.2 Å². The number of nitrogens with one attached hydrogen (secondary N) is 1. The second kappa shape index (κ2) is 6.09. The van der Waals surface area contributed by atoms with Crippen molar-refractivity contribution in [1.29, 1.82) is 0 Å². The number of benzene rings is 1. The van der Waals surface area contributed by atoms with E-state index in [-0.39, 0.29) is 17.7 Å². The second-order valence-corrected chi connectivity index (χ2v) is 6.59. The van der Waals surface area contributed by atoms with Gasteiger partial charge in [0.2, 0.25) is 5.91 Å². The molecule has 0 aliphatic carbocycles. The van der Waals surface area contributed by atoms with Gasteiger partial charge in [-0.25, -0.2) is 9.97 Å². The van der Waals surface area contributed by atoms with Gasteiger partial charge < -0.3 is 15.3 Å². The van der Waals surface area contributed by atoms with E-state index in [1.807, 2.05) is 16.3 Å². The van der Waals surface area contributed by atoms with Crippen molar-refractivity contribution in [3.05, 3.63) is 42.0 Å². The van der Waals surface area contributed by atoms with Crippen LogP contribution in [-0.4, -0.2) is 33.6 Å². The number of hydrogen-bond donors (Lipinski definition) is 2. The van der Waals surface area contributed by atoms with Gasteiger partial charge >= 0.3 is 0 Å². The Morgan fingerprint density at radius 2 is 2.17 bits per heavy atom. The third-order valence-corrected chi connectivity index (χ3v) is 5.05. The van der Waals surface area contributed by atoms with Crippen LogP contribution in [0.4, 0.5) is 11.5 Å². The molecule has 122 valence electrons. The zero-order chi connectivity index (χ0) is 16.5. The molecule has 0 radical (unpaired) electrons. The van der Waals surface area contributed by atoms with Gasteiger partial charge in [-0.2, -0.15) is 0 Å². The Kier molecular flexibility index (Phi) is 3.78. The molecule has 7 heteroatoms. The van der Waals surface area contributed by atoms with Crippen molar-refractivity contribution in [3.63, 3.8) is 0 Å². The van der Waals surface area contributed by atoms with E-state index >= 15 is 0 Å². The molecule has 1 amide bonds. The summed E-state index contributed by atoms with van der Waals surface area (Å²) in [4.78, 5) is 24.4. The average Bonchev–Trinajstić information content (AvgIpc) is 3.25. The lowest BCUT2D eigenvalue weighted by atomic mass is 10.2. The number of phenolic OH excluding ortho intramolecular Hbond substituents is 1. The van der Waals surface area contributed by atoms with E-state index < -0.39 is 0 Å². The molecule has 1 aliphatic rings. The van der Waals surface area contributed by atoms with Crippen LogP contribution in [0.15, 0.2) is 42.0 Å². The Morgan fingerprint density at radius 3 is 3.04 bits per heavy atom. The van der Waals surface area contributed by atoms with Gasteiger partial charge in [0, 0.05) is 6.54 Å². The molecule has 0 unspecified atom stereocenters. The molecule has 0 bridgehead atoms. The highest BCUT2D eigenvalue weighted by Gasteiger charge is 2.33. The summed E-state index contributed by atoms with van der Waals surface area (Å²) >= 11 is 1.56. The maximum Gasteiger partial charge on any atom is 0.247 e. The highest BCUT2D eigenvalue weighted by Crippen LogP contribution is 2.32. The maximum absolute atomic E-state index is 12.7. The number of anilines is 2. The largest absolute Gasteiger partial charge is 0.506 e. The molecular weight excluding hydrogens is 324 g/mol. The van der Waals surface area contributed by atoms with Gasteiger partial charge in [-0.15, -0.1) is 11.3 Å². The lowest BCUT2D eigenvalue weighted by Gasteiger charge is -2.25. The molecule has 1 fully saturated rings. The molecule has 1 aliphatic heterocycles. The summed E-state index contributed by atoms with van der Waals surface area (Å²) in [6.07, 6.45) is 3.23. The number of thiophene rings is 1. The number of phenols is 1. The molecular formula is C17H16N4O2S. The number of carbonyl (C=O) groups excluding carboxylic acids is 1. The van der Waals surface area contributed by atoms with Crippen LogP contribution in [0.1, 0.15) is 12.8 Å². The molecule has 0 spiro atoms. The van der Waals surface area contributed by atoms with Crippen LogP contribution in [0.5, 0.6) is 5.75 Å².